The number of hydrogen-bond acceptors (Lipinski definition) is 6. The minimum Gasteiger partial charge on any atom is -0.379 e. The second kappa shape index (κ2) is 7.07. The van der Waals surface area contributed by atoms with Gasteiger partial charge in [-0.05, 0) is 12.8 Å². The highest BCUT2D eigenvalue weighted by Gasteiger charge is 2.52. The summed E-state index contributed by atoms with van der Waals surface area (Å²) in [7, 11) is 1.87. The molecule has 30 heavy (non-hydrogen) atoms. The molecule has 2 saturated heterocycles. The molecule has 1 atom stereocenters. The molecule has 1 N–H and O–H groups in total. The van der Waals surface area contributed by atoms with Crippen LogP contribution < -0.4 is 0 Å². The van der Waals surface area contributed by atoms with Crippen LogP contribution in [0.5, 0.6) is 0 Å². The SMILES string of the molecule is Cn1ccnc1[C@]1(O)COC2(CCN(C(=O)c3cc(-c4ccccc4)no3)CC2)C1. The summed E-state index contributed by atoms with van der Waals surface area (Å²) in [5, 5.41) is 15.1. The smallest absolute Gasteiger partial charge is 0.292 e. The molecule has 2 aliphatic rings. The molecule has 1 aromatic carbocycles. The van der Waals surface area contributed by atoms with Crippen LogP contribution in [0.3, 0.4) is 0 Å². The molecule has 0 radical (unpaired) electrons. The van der Waals surface area contributed by atoms with Crippen LogP contribution in [0.2, 0.25) is 0 Å². The number of amides is 1. The van der Waals surface area contributed by atoms with E-state index < -0.39 is 11.2 Å². The van der Waals surface area contributed by atoms with Gasteiger partial charge in [-0.25, -0.2) is 4.98 Å². The van der Waals surface area contributed by atoms with Gasteiger partial charge < -0.3 is 23.8 Å². The minimum absolute atomic E-state index is 0.170. The first kappa shape index (κ1) is 19.0. The van der Waals surface area contributed by atoms with E-state index >= 15 is 0 Å². The van der Waals surface area contributed by atoms with Crippen molar-refractivity contribution in [2.24, 2.45) is 7.05 Å². The number of piperidine rings is 1. The number of aryl methyl sites for hydroxylation is 1. The predicted octanol–water partition coefficient (Wildman–Crippen LogP) is 2.36. The van der Waals surface area contributed by atoms with E-state index in [1.165, 1.54) is 0 Å². The van der Waals surface area contributed by atoms with E-state index in [0.29, 0.717) is 43.9 Å². The molecule has 156 valence electrons. The molecule has 4 heterocycles. The lowest BCUT2D eigenvalue weighted by Crippen LogP contribution is -2.47. The van der Waals surface area contributed by atoms with Gasteiger partial charge in [-0.3, -0.25) is 4.79 Å². The zero-order valence-electron chi connectivity index (χ0n) is 16.8. The van der Waals surface area contributed by atoms with Gasteiger partial charge in [0.2, 0.25) is 5.76 Å². The van der Waals surface area contributed by atoms with E-state index in [2.05, 4.69) is 10.1 Å². The Labute approximate surface area is 174 Å². The molecule has 1 amide bonds. The fourth-order valence-corrected chi connectivity index (χ4v) is 4.58. The van der Waals surface area contributed by atoms with Crippen molar-refractivity contribution in [2.75, 3.05) is 19.7 Å². The third-order valence-corrected chi connectivity index (χ3v) is 6.22. The molecular weight excluding hydrogens is 384 g/mol. The Bertz CT molecular complexity index is 1050. The van der Waals surface area contributed by atoms with E-state index in [9.17, 15) is 9.90 Å². The van der Waals surface area contributed by atoms with Gasteiger partial charge in [-0.15, -0.1) is 0 Å². The number of nitrogens with zero attached hydrogens (tertiary/aromatic N) is 4. The molecule has 0 aliphatic carbocycles. The summed E-state index contributed by atoms with van der Waals surface area (Å²) < 4.78 is 13.2. The summed E-state index contributed by atoms with van der Waals surface area (Å²) in [6.45, 7) is 1.29. The Hall–Kier alpha value is -2.97. The Kier molecular flexibility index (Phi) is 4.48. The van der Waals surface area contributed by atoms with Crippen LogP contribution in [0.15, 0.2) is 53.3 Å². The molecule has 5 rings (SSSR count). The molecule has 8 nitrogen and oxygen atoms in total. The molecule has 0 unspecified atom stereocenters. The van der Waals surface area contributed by atoms with Crippen LogP contribution in [0, 0.1) is 0 Å². The van der Waals surface area contributed by atoms with E-state index in [-0.39, 0.29) is 18.3 Å². The third kappa shape index (κ3) is 3.22. The largest absolute Gasteiger partial charge is 0.379 e. The lowest BCUT2D eigenvalue weighted by molar-refractivity contribution is -0.0442. The molecule has 1 spiro atoms. The van der Waals surface area contributed by atoms with Crippen molar-refractivity contribution >= 4 is 5.91 Å². The van der Waals surface area contributed by atoms with E-state index in [1.807, 2.05) is 48.1 Å². The number of aromatic nitrogens is 3. The van der Waals surface area contributed by atoms with Gasteiger partial charge >= 0.3 is 0 Å². The molecule has 0 saturated carbocycles. The maximum atomic E-state index is 12.9. The number of hydrogen-bond donors (Lipinski definition) is 1. The molecular formula is C22H24N4O4. The second-order valence-corrected chi connectivity index (χ2v) is 8.28. The second-order valence-electron chi connectivity index (χ2n) is 8.28. The monoisotopic (exact) mass is 408 g/mol. The quantitative estimate of drug-likeness (QED) is 0.715. The van der Waals surface area contributed by atoms with Crippen LogP contribution >= 0.6 is 0 Å². The first-order valence-electron chi connectivity index (χ1n) is 10.1. The maximum Gasteiger partial charge on any atom is 0.292 e. The number of ether oxygens (including phenoxy) is 1. The topological polar surface area (TPSA) is 93.6 Å². The van der Waals surface area contributed by atoms with Crippen molar-refractivity contribution in [3.8, 4) is 11.3 Å². The van der Waals surface area contributed by atoms with E-state index in [1.54, 1.807) is 17.2 Å². The van der Waals surface area contributed by atoms with Crippen molar-refractivity contribution in [1.82, 2.24) is 19.6 Å². The normalized spacial score (nSPS) is 23.2. The standard InChI is InChI=1S/C22H24N4O4/c1-25-12-9-23-20(25)22(28)14-21(29-15-22)7-10-26(11-8-21)19(27)18-13-17(24-30-18)16-5-3-2-4-6-16/h2-6,9,12-13,28H,7-8,10-11,14-15H2,1H3/t22-/m1/s1. The van der Waals surface area contributed by atoms with Gasteiger partial charge in [0, 0.05) is 50.6 Å². The highest BCUT2D eigenvalue weighted by Crippen LogP contribution is 2.44. The highest BCUT2D eigenvalue weighted by molar-refractivity contribution is 5.92. The Morgan fingerprint density at radius 2 is 1.97 bits per heavy atom. The summed E-state index contributed by atoms with van der Waals surface area (Å²) in [6.07, 6.45) is 5.30. The van der Waals surface area contributed by atoms with Gasteiger partial charge in [-0.2, -0.15) is 0 Å². The molecule has 2 fully saturated rings. The number of carbonyl (C=O) groups is 1. The molecule has 8 heteroatoms. The van der Waals surface area contributed by atoms with Crippen molar-refractivity contribution in [1.29, 1.82) is 0 Å². The molecule has 3 aromatic rings. The lowest BCUT2D eigenvalue weighted by atomic mass is 9.83. The minimum atomic E-state index is -1.10. The highest BCUT2D eigenvalue weighted by atomic mass is 16.5. The summed E-state index contributed by atoms with van der Waals surface area (Å²) in [6, 6.07) is 11.3. The number of imidazole rings is 1. The van der Waals surface area contributed by atoms with Crippen LogP contribution in [0.4, 0.5) is 0 Å². The zero-order chi connectivity index (χ0) is 20.8. The first-order chi connectivity index (χ1) is 14.5. The Morgan fingerprint density at radius 3 is 2.67 bits per heavy atom. The van der Waals surface area contributed by atoms with Crippen molar-refractivity contribution in [3.63, 3.8) is 0 Å². The number of carbonyl (C=O) groups excluding carboxylic acids is 1. The number of rotatable bonds is 3. The zero-order valence-corrected chi connectivity index (χ0v) is 16.8. The molecule has 0 bridgehead atoms. The first-order valence-corrected chi connectivity index (χ1v) is 10.1. The maximum absolute atomic E-state index is 12.9. The summed E-state index contributed by atoms with van der Waals surface area (Å²) in [4.78, 5) is 19.0. The molecule has 2 aliphatic heterocycles. The predicted molar refractivity (Wildman–Crippen MR) is 107 cm³/mol. The van der Waals surface area contributed by atoms with Crippen LogP contribution in [-0.2, 0) is 17.4 Å². The van der Waals surface area contributed by atoms with Gasteiger partial charge in [0.15, 0.2) is 0 Å². The van der Waals surface area contributed by atoms with Crippen LogP contribution in [-0.4, -0.2) is 55.9 Å². The van der Waals surface area contributed by atoms with Crippen LogP contribution in [0.1, 0.15) is 35.6 Å². The summed E-state index contributed by atoms with van der Waals surface area (Å²) >= 11 is 0. The lowest BCUT2D eigenvalue weighted by Gasteiger charge is -2.38. The van der Waals surface area contributed by atoms with Crippen molar-refractivity contribution in [2.45, 2.75) is 30.5 Å². The van der Waals surface area contributed by atoms with Crippen LogP contribution in [0.25, 0.3) is 11.3 Å². The summed E-state index contributed by atoms with van der Waals surface area (Å²) in [5.74, 6) is 0.687. The van der Waals surface area contributed by atoms with E-state index in [0.717, 1.165) is 5.56 Å². The van der Waals surface area contributed by atoms with E-state index in [4.69, 9.17) is 9.26 Å². The average Bonchev–Trinajstić information content (AvgIpc) is 3.49. The van der Waals surface area contributed by atoms with Gasteiger partial charge in [-0.1, -0.05) is 35.5 Å². The Morgan fingerprint density at radius 1 is 1.20 bits per heavy atom. The van der Waals surface area contributed by atoms with Gasteiger partial charge in [0.25, 0.3) is 5.91 Å². The number of benzene rings is 1. The Balaban J connectivity index is 1.25. The van der Waals surface area contributed by atoms with Gasteiger partial charge in [0.1, 0.15) is 17.1 Å². The average molecular weight is 408 g/mol. The number of aliphatic hydroxyl groups is 1. The van der Waals surface area contributed by atoms with Crippen molar-refractivity contribution < 1.29 is 19.2 Å². The summed E-state index contributed by atoms with van der Waals surface area (Å²) in [5.41, 5.74) is 0.0196. The third-order valence-electron chi connectivity index (χ3n) is 6.22. The fraction of sp³-hybridized carbons (Fsp3) is 0.409. The van der Waals surface area contributed by atoms with Gasteiger partial charge in [0.05, 0.1) is 12.2 Å². The van der Waals surface area contributed by atoms with Crippen molar-refractivity contribution in [3.05, 3.63) is 60.4 Å². The fourth-order valence-electron chi connectivity index (χ4n) is 4.58. The number of likely N-dealkylation sites (tertiary alicyclic amines) is 1. The molecule has 2 aromatic heterocycles.